The molecule has 0 atom stereocenters. The zero-order valence-electron chi connectivity index (χ0n) is 17.3. The SMILES string of the molecule is COc1ccccc1-n1c(=O)[nH]c2c(C(N)=O)nc(NC3CCC(NC(=O)O)CC3)nc21. The highest BCUT2D eigenvalue weighted by Gasteiger charge is 2.25. The predicted octanol–water partition coefficient (Wildman–Crippen LogP) is 1.21. The standard InChI is InChI=1S/C20H23N7O5/c1-32-13-5-3-2-4-12(13)27-17-15(25-19(27)29)14(16(21)28)24-18(26-17)22-10-6-8-11(9-7-10)23-20(30)31/h2-5,10-11,23H,6-9H2,1H3,(H2,21,28)(H,25,29)(H,30,31)(H,22,24,26). The minimum Gasteiger partial charge on any atom is -0.495 e. The van der Waals surface area contributed by atoms with Gasteiger partial charge in [0.15, 0.2) is 11.3 Å². The number of para-hydroxylation sites is 2. The van der Waals surface area contributed by atoms with Crippen molar-refractivity contribution in [3.05, 3.63) is 40.4 Å². The first-order valence-corrected chi connectivity index (χ1v) is 10.1. The predicted molar refractivity (Wildman–Crippen MR) is 115 cm³/mol. The van der Waals surface area contributed by atoms with Gasteiger partial charge in [-0.25, -0.2) is 19.1 Å². The minimum atomic E-state index is -1.04. The molecule has 4 rings (SSSR count). The van der Waals surface area contributed by atoms with E-state index < -0.39 is 17.7 Å². The number of aromatic nitrogens is 4. The maximum atomic E-state index is 12.8. The maximum absolute atomic E-state index is 12.8. The lowest BCUT2D eigenvalue weighted by Gasteiger charge is -2.28. The number of amides is 2. The molecule has 0 aliphatic heterocycles. The number of methoxy groups -OCH3 is 1. The number of nitrogens with two attached hydrogens (primary N) is 1. The molecule has 0 radical (unpaired) electrons. The number of ether oxygens (including phenoxy) is 1. The summed E-state index contributed by atoms with van der Waals surface area (Å²) in [5, 5.41) is 14.6. The van der Waals surface area contributed by atoms with E-state index in [2.05, 4.69) is 25.6 Å². The maximum Gasteiger partial charge on any atom is 0.404 e. The summed E-state index contributed by atoms with van der Waals surface area (Å²) in [6.45, 7) is 0. The number of carboxylic acid groups (broad SMARTS) is 1. The van der Waals surface area contributed by atoms with E-state index in [0.717, 1.165) is 0 Å². The van der Waals surface area contributed by atoms with Crippen molar-refractivity contribution in [2.75, 3.05) is 12.4 Å². The molecule has 12 heteroatoms. The number of aromatic amines is 1. The number of imidazole rings is 1. The quantitative estimate of drug-likeness (QED) is 0.379. The van der Waals surface area contributed by atoms with Crippen LogP contribution in [0, 0.1) is 0 Å². The monoisotopic (exact) mass is 441 g/mol. The molecule has 2 amide bonds. The summed E-state index contributed by atoms with van der Waals surface area (Å²) in [6.07, 6.45) is 1.65. The fourth-order valence-corrected chi connectivity index (χ4v) is 4.00. The number of benzene rings is 1. The molecule has 3 aromatic rings. The number of carbonyl (C=O) groups is 2. The van der Waals surface area contributed by atoms with Crippen molar-refractivity contribution in [3.63, 3.8) is 0 Å². The van der Waals surface area contributed by atoms with Crippen LogP contribution < -0.4 is 26.8 Å². The molecule has 1 aliphatic rings. The van der Waals surface area contributed by atoms with Crippen LogP contribution in [0.25, 0.3) is 16.9 Å². The van der Waals surface area contributed by atoms with Gasteiger partial charge in [-0.05, 0) is 37.8 Å². The van der Waals surface area contributed by atoms with Crippen LogP contribution in [0.1, 0.15) is 36.2 Å². The Kier molecular flexibility index (Phi) is 5.67. The molecule has 0 bridgehead atoms. The van der Waals surface area contributed by atoms with Gasteiger partial charge < -0.3 is 31.2 Å². The lowest BCUT2D eigenvalue weighted by atomic mass is 9.91. The molecule has 1 fully saturated rings. The van der Waals surface area contributed by atoms with Crippen LogP contribution >= 0.6 is 0 Å². The summed E-state index contributed by atoms with van der Waals surface area (Å²) < 4.78 is 6.67. The highest BCUT2D eigenvalue weighted by atomic mass is 16.5. The van der Waals surface area contributed by atoms with Crippen molar-refractivity contribution in [3.8, 4) is 11.4 Å². The number of carbonyl (C=O) groups excluding carboxylic acids is 1. The van der Waals surface area contributed by atoms with E-state index in [1.807, 2.05) is 0 Å². The van der Waals surface area contributed by atoms with Crippen molar-refractivity contribution in [2.24, 2.45) is 5.73 Å². The molecular formula is C20H23N7O5. The fourth-order valence-electron chi connectivity index (χ4n) is 4.00. The van der Waals surface area contributed by atoms with E-state index in [1.165, 1.54) is 11.7 Å². The van der Waals surface area contributed by atoms with E-state index in [0.29, 0.717) is 37.1 Å². The van der Waals surface area contributed by atoms with Gasteiger partial charge >= 0.3 is 11.8 Å². The van der Waals surface area contributed by atoms with Crippen LogP contribution in [0.2, 0.25) is 0 Å². The number of H-pyrrole nitrogens is 1. The molecule has 1 aromatic carbocycles. The number of hydrogen-bond acceptors (Lipinski definition) is 7. The number of hydrogen-bond donors (Lipinski definition) is 5. The second-order valence-electron chi connectivity index (χ2n) is 7.54. The molecule has 32 heavy (non-hydrogen) atoms. The average Bonchev–Trinajstić information content (AvgIpc) is 3.09. The molecule has 6 N–H and O–H groups in total. The van der Waals surface area contributed by atoms with E-state index in [-0.39, 0.29) is 34.9 Å². The third kappa shape index (κ3) is 4.06. The Bertz CT molecular complexity index is 1230. The van der Waals surface area contributed by atoms with Crippen molar-refractivity contribution in [1.82, 2.24) is 24.8 Å². The molecule has 168 valence electrons. The van der Waals surface area contributed by atoms with Gasteiger partial charge in [-0.3, -0.25) is 4.79 Å². The molecule has 0 saturated heterocycles. The number of nitrogens with one attached hydrogen (secondary N) is 3. The van der Waals surface area contributed by atoms with Crippen LogP contribution in [-0.4, -0.2) is 55.8 Å². The van der Waals surface area contributed by atoms with Crippen molar-refractivity contribution in [1.29, 1.82) is 0 Å². The first-order valence-electron chi connectivity index (χ1n) is 10.1. The van der Waals surface area contributed by atoms with Crippen molar-refractivity contribution in [2.45, 2.75) is 37.8 Å². The van der Waals surface area contributed by atoms with Crippen LogP contribution in [-0.2, 0) is 0 Å². The third-order valence-corrected chi connectivity index (χ3v) is 5.48. The van der Waals surface area contributed by atoms with Gasteiger partial charge in [-0.1, -0.05) is 12.1 Å². The molecule has 2 aromatic heterocycles. The first kappa shape index (κ1) is 21.2. The van der Waals surface area contributed by atoms with Gasteiger partial charge in [0.05, 0.1) is 12.8 Å². The van der Waals surface area contributed by atoms with Gasteiger partial charge in [-0.15, -0.1) is 0 Å². The number of fused-ring (bicyclic) bond motifs is 1. The highest BCUT2D eigenvalue weighted by Crippen LogP contribution is 2.26. The zero-order chi connectivity index (χ0) is 22.8. The van der Waals surface area contributed by atoms with E-state index in [1.54, 1.807) is 24.3 Å². The van der Waals surface area contributed by atoms with Crippen LogP contribution in [0.4, 0.5) is 10.7 Å². The number of primary amides is 1. The Hall–Kier alpha value is -4.09. The Morgan fingerprint density at radius 3 is 2.53 bits per heavy atom. The van der Waals surface area contributed by atoms with Crippen LogP contribution in [0.15, 0.2) is 29.1 Å². The minimum absolute atomic E-state index is 0.0228. The molecule has 1 saturated carbocycles. The molecule has 0 spiro atoms. The smallest absolute Gasteiger partial charge is 0.404 e. The summed E-state index contributed by atoms with van der Waals surface area (Å²) in [7, 11) is 1.49. The normalized spacial score (nSPS) is 18.3. The topological polar surface area (TPSA) is 177 Å². The first-order chi connectivity index (χ1) is 15.4. The second-order valence-corrected chi connectivity index (χ2v) is 7.54. The Morgan fingerprint density at radius 1 is 1.19 bits per heavy atom. The number of rotatable bonds is 6. The lowest BCUT2D eigenvalue weighted by Crippen LogP contribution is -2.39. The van der Waals surface area contributed by atoms with Crippen molar-refractivity contribution >= 4 is 29.1 Å². The molecule has 1 aliphatic carbocycles. The summed E-state index contributed by atoms with van der Waals surface area (Å²) in [5.74, 6) is -0.194. The molecule has 0 unspecified atom stereocenters. The van der Waals surface area contributed by atoms with E-state index in [4.69, 9.17) is 15.6 Å². The van der Waals surface area contributed by atoms with E-state index in [9.17, 15) is 14.4 Å². The fraction of sp³-hybridized carbons (Fsp3) is 0.350. The van der Waals surface area contributed by atoms with Crippen LogP contribution in [0.5, 0.6) is 5.75 Å². The van der Waals surface area contributed by atoms with E-state index >= 15 is 0 Å². The highest BCUT2D eigenvalue weighted by molar-refractivity contribution is 6.02. The van der Waals surface area contributed by atoms with Gasteiger partial charge in [0.1, 0.15) is 11.3 Å². The Balaban J connectivity index is 1.71. The Labute approximate surface area is 181 Å². The number of nitrogens with zero attached hydrogens (tertiary/aromatic N) is 3. The molecular weight excluding hydrogens is 418 g/mol. The average molecular weight is 441 g/mol. The summed E-state index contributed by atoms with van der Waals surface area (Å²) in [4.78, 5) is 47.0. The Morgan fingerprint density at radius 2 is 1.88 bits per heavy atom. The zero-order valence-corrected chi connectivity index (χ0v) is 17.3. The summed E-state index contributed by atoms with van der Waals surface area (Å²) in [5.41, 5.74) is 5.67. The summed E-state index contributed by atoms with van der Waals surface area (Å²) in [6, 6.07) is 6.81. The van der Waals surface area contributed by atoms with Gasteiger partial charge in [0.2, 0.25) is 5.95 Å². The molecule has 2 heterocycles. The van der Waals surface area contributed by atoms with Gasteiger partial charge in [-0.2, -0.15) is 4.98 Å². The lowest BCUT2D eigenvalue weighted by molar-refractivity contribution is 0.0997. The molecule has 12 nitrogen and oxygen atoms in total. The third-order valence-electron chi connectivity index (χ3n) is 5.48. The number of anilines is 1. The van der Waals surface area contributed by atoms with Crippen molar-refractivity contribution < 1.29 is 19.4 Å². The summed E-state index contributed by atoms with van der Waals surface area (Å²) >= 11 is 0. The largest absolute Gasteiger partial charge is 0.495 e. The van der Waals surface area contributed by atoms with Gasteiger partial charge in [0.25, 0.3) is 5.91 Å². The second kappa shape index (κ2) is 8.57. The van der Waals surface area contributed by atoms with Crippen LogP contribution in [0.3, 0.4) is 0 Å². The van der Waals surface area contributed by atoms with Gasteiger partial charge in [0, 0.05) is 12.1 Å².